The molecule has 0 radical (unpaired) electrons. The SMILES string of the molecule is CCN(Cc1ccccc1)C(=O)Cn1c(=O)c(=O)[nH]c2ccccc21. The second-order valence-corrected chi connectivity index (χ2v) is 5.76. The second kappa shape index (κ2) is 7.17. The summed E-state index contributed by atoms with van der Waals surface area (Å²) >= 11 is 0. The van der Waals surface area contributed by atoms with Crippen LogP contribution in [-0.4, -0.2) is 26.9 Å². The van der Waals surface area contributed by atoms with Crippen molar-refractivity contribution in [1.29, 1.82) is 0 Å². The zero-order valence-electron chi connectivity index (χ0n) is 13.9. The molecule has 0 aliphatic carbocycles. The minimum Gasteiger partial charge on any atom is -0.337 e. The zero-order chi connectivity index (χ0) is 17.8. The van der Waals surface area contributed by atoms with Crippen molar-refractivity contribution in [2.24, 2.45) is 0 Å². The van der Waals surface area contributed by atoms with Gasteiger partial charge in [-0.25, -0.2) is 0 Å². The Morgan fingerprint density at radius 2 is 1.72 bits per heavy atom. The standard InChI is InChI=1S/C19H19N3O3/c1-2-21(12-14-8-4-3-5-9-14)17(23)13-22-16-11-7-6-10-15(16)20-18(24)19(22)25/h3-11H,2,12-13H2,1H3,(H,20,24). The Labute approximate surface area is 144 Å². The summed E-state index contributed by atoms with van der Waals surface area (Å²) < 4.78 is 1.24. The normalized spacial score (nSPS) is 10.8. The molecule has 25 heavy (non-hydrogen) atoms. The Hall–Kier alpha value is -3.15. The number of aromatic nitrogens is 2. The van der Waals surface area contributed by atoms with Gasteiger partial charge in [0.2, 0.25) is 5.91 Å². The molecule has 0 aliphatic rings. The maximum Gasteiger partial charge on any atom is 0.317 e. The predicted molar refractivity (Wildman–Crippen MR) is 96.4 cm³/mol. The molecule has 3 rings (SSSR count). The molecule has 0 saturated carbocycles. The van der Waals surface area contributed by atoms with Crippen molar-refractivity contribution in [2.45, 2.75) is 20.0 Å². The van der Waals surface area contributed by atoms with Crippen LogP contribution >= 0.6 is 0 Å². The quantitative estimate of drug-likeness (QED) is 0.721. The van der Waals surface area contributed by atoms with Crippen molar-refractivity contribution in [3.05, 3.63) is 80.9 Å². The van der Waals surface area contributed by atoms with Crippen LogP contribution in [0.25, 0.3) is 11.0 Å². The summed E-state index contributed by atoms with van der Waals surface area (Å²) in [6.45, 7) is 2.71. The van der Waals surface area contributed by atoms with Crippen LogP contribution in [0.3, 0.4) is 0 Å². The first-order valence-electron chi connectivity index (χ1n) is 8.13. The highest BCUT2D eigenvalue weighted by Gasteiger charge is 2.16. The molecule has 6 heteroatoms. The molecule has 0 bridgehead atoms. The maximum absolute atomic E-state index is 12.7. The Morgan fingerprint density at radius 1 is 1.04 bits per heavy atom. The van der Waals surface area contributed by atoms with Crippen molar-refractivity contribution in [3.63, 3.8) is 0 Å². The summed E-state index contributed by atoms with van der Waals surface area (Å²) in [6, 6.07) is 16.6. The van der Waals surface area contributed by atoms with Crippen LogP contribution in [0, 0.1) is 0 Å². The summed E-state index contributed by atoms with van der Waals surface area (Å²) in [4.78, 5) is 41.0. The molecular formula is C19H19N3O3. The molecule has 3 aromatic rings. The molecule has 128 valence electrons. The lowest BCUT2D eigenvalue weighted by Gasteiger charge is -2.22. The van der Waals surface area contributed by atoms with Crippen LogP contribution in [-0.2, 0) is 17.9 Å². The summed E-state index contributed by atoms with van der Waals surface area (Å²) in [6.07, 6.45) is 0. The van der Waals surface area contributed by atoms with Gasteiger partial charge in [0, 0.05) is 13.1 Å². The second-order valence-electron chi connectivity index (χ2n) is 5.76. The molecule has 0 spiro atoms. The number of H-pyrrole nitrogens is 1. The molecule has 2 aromatic carbocycles. The molecule has 1 heterocycles. The van der Waals surface area contributed by atoms with Gasteiger partial charge in [-0.2, -0.15) is 0 Å². The number of nitrogens with zero attached hydrogens (tertiary/aromatic N) is 2. The Bertz CT molecular complexity index is 1010. The monoisotopic (exact) mass is 337 g/mol. The maximum atomic E-state index is 12.7. The predicted octanol–water partition coefficient (Wildman–Crippen LogP) is 1.74. The van der Waals surface area contributed by atoms with E-state index in [-0.39, 0.29) is 12.5 Å². The molecule has 0 fully saturated rings. The molecule has 1 N–H and O–H groups in total. The fourth-order valence-corrected chi connectivity index (χ4v) is 2.79. The van der Waals surface area contributed by atoms with Crippen LogP contribution in [0.5, 0.6) is 0 Å². The van der Waals surface area contributed by atoms with Gasteiger partial charge in [-0.15, -0.1) is 0 Å². The topological polar surface area (TPSA) is 75.2 Å². The van der Waals surface area contributed by atoms with Crippen molar-refractivity contribution < 1.29 is 4.79 Å². The average Bonchev–Trinajstić information content (AvgIpc) is 2.64. The fraction of sp³-hybridized carbons (Fsp3) is 0.211. The molecule has 0 unspecified atom stereocenters. The van der Waals surface area contributed by atoms with Crippen LogP contribution in [0.2, 0.25) is 0 Å². The number of fused-ring (bicyclic) bond motifs is 1. The van der Waals surface area contributed by atoms with Crippen LogP contribution in [0.15, 0.2) is 64.2 Å². The van der Waals surface area contributed by atoms with E-state index in [4.69, 9.17) is 0 Å². The van der Waals surface area contributed by atoms with E-state index in [1.165, 1.54) is 4.57 Å². The van der Waals surface area contributed by atoms with Gasteiger partial charge in [0.05, 0.1) is 11.0 Å². The third-order valence-corrected chi connectivity index (χ3v) is 4.13. The van der Waals surface area contributed by atoms with Gasteiger partial charge >= 0.3 is 11.1 Å². The summed E-state index contributed by atoms with van der Waals surface area (Å²) in [5.41, 5.74) is 0.642. The van der Waals surface area contributed by atoms with E-state index in [0.29, 0.717) is 24.1 Å². The average molecular weight is 337 g/mol. The Morgan fingerprint density at radius 3 is 2.44 bits per heavy atom. The van der Waals surface area contributed by atoms with Crippen LogP contribution < -0.4 is 11.1 Å². The van der Waals surface area contributed by atoms with Gasteiger partial charge in [-0.05, 0) is 24.6 Å². The number of hydrogen-bond acceptors (Lipinski definition) is 3. The highest BCUT2D eigenvalue weighted by atomic mass is 16.2. The van der Waals surface area contributed by atoms with E-state index in [1.807, 2.05) is 37.3 Å². The highest BCUT2D eigenvalue weighted by Crippen LogP contribution is 2.09. The third kappa shape index (κ3) is 3.52. The fourth-order valence-electron chi connectivity index (χ4n) is 2.79. The van der Waals surface area contributed by atoms with Gasteiger partial charge < -0.3 is 9.88 Å². The molecule has 0 saturated heterocycles. The molecular weight excluding hydrogens is 318 g/mol. The lowest BCUT2D eigenvalue weighted by molar-refractivity contribution is -0.132. The molecule has 0 aliphatic heterocycles. The van der Waals surface area contributed by atoms with Crippen molar-refractivity contribution >= 4 is 16.9 Å². The van der Waals surface area contributed by atoms with Gasteiger partial charge in [-0.1, -0.05) is 42.5 Å². The lowest BCUT2D eigenvalue weighted by atomic mass is 10.2. The molecule has 1 aromatic heterocycles. The summed E-state index contributed by atoms with van der Waals surface area (Å²) in [7, 11) is 0. The molecule has 6 nitrogen and oxygen atoms in total. The number of carbonyl (C=O) groups excluding carboxylic acids is 1. The number of benzene rings is 2. The minimum atomic E-state index is -0.724. The number of hydrogen-bond donors (Lipinski definition) is 1. The van der Waals surface area contributed by atoms with E-state index in [2.05, 4.69) is 4.98 Å². The van der Waals surface area contributed by atoms with E-state index in [0.717, 1.165) is 5.56 Å². The molecule has 0 atom stereocenters. The number of carbonyl (C=O) groups is 1. The number of rotatable bonds is 5. The van der Waals surface area contributed by atoms with E-state index < -0.39 is 11.1 Å². The Kier molecular flexibility index (Phi) is 4.79. The van der Waals surface area contributed by atoms with Gasteiger partial charge in [0.25, 0.3) is 0 Å². The number of nitrogens with one attached hydrogen (secondary N) is 1. The number of likely N-dealkylation sites (N-methyl/N-ethyl adjacent to an activating group) is 1. The third-order valence-electron chi connectivity index (χ3n) is 4.13. The first-order valence-corrected chi connectivity index (χ1v) is 8.13. The van der Waals surface area contributed by atoms with Gasteiger partial charge in [0.1, 0.15) is 6.54 Å². The Balaban J connectivity index is 1.92. The van der Waals surface area contributed by atoms with Gasteiger partial charge in [-0.3, -0.25) is 19.0 Å². The first-order chi connectivity index (χ1) is 12.1. The zero-order valence-corrected chi connectivity index (χ0v) is 13.9. The summed E-state index contributed by atoms with van der Waals surface area (Å²) in [5, 5.41) is 0. The number of amides is 1. The number of para-hydroxylation sites is 2. The number of aromatic amines is 1. The van der Waals surface area contributed by atoms with E-state index in [1.54, 1.807) is 29.2 Å². The van der Waals surface area contributed by atoms with Gasteiger partial charge in [0.15, 0.2) is 0 Å². The first kappa shape index (κ1) is 16.7. The largest absolute Gasteiger partial charge is 0.337 e. The summed E-state index contributed by atoms with van der Waals surface area (Å²) in [5.74, 6) is -0.204. The van der Waals surface area contributed by atoms with Crippen molar-refractivity contribution in [2.75, 3.05) is 6.54 Å². The highest BCUT2D eigenvalue weighted by molar-refractivity contribution is 5.80. The van der Waals surface area contributed by atoms with Crippen molar-refractivity contribution in [3.8, 4) is 0 Å². The minimum absolute atomic E-state index is 0.163. The van der Waals surface area contributed by atoms with Crippen LogP contribution in [0.4, 0.5) is 0 Å². The molecule has 1 amide bonds. The van der Waals surface area contributed by atoms with E-state index >= 15 is 0 Å². The smallest absolute Gasteiger partial charge is 0.317 e. The van der Waals surface area contributed by atoms with Crippen molar-refractivity contribution in [1.82, 2.24) is 14.5 Å². The van der Waals surface area contributed by atoms with E-state index in [9.17, 15) is 14.4 Å². The lowest BCUT2D eigenvalue weighted by Crippen LogP contribution is -2.41. The van der Waals surface area contributed by atoms with Crippen LogP contribution in [0.1, 0.15) is 12.5 Å².